The molecule has 1 atom stereocenters. The molecule has 2 aromatic carbocycles. The van der Waals surface area contributed by atoms with Crippen molar-refractivity contribution in [1.29, 1.82) is 5.26 Å². The number of nitrogens with one attached hydrogen (secondary N) is 1. The van der Waals surface area contributed by atoms with Gasteiger partial charge in [-0.1, -0.05) is 23.7 Å². The van der Waals surface area contributed by atoms with Gasteiger partial charge in [0.15, 0.2) is 0 Å². The highest BCUT2D eigenvalue weighted by atomic mass is 35.5. The lowest BCUT2D eigenvalue weighted by molar-refractivity contribution is 0.885. The van der Waals surface area contributed by atoms with Crippen molar-refractivity contribution in [3.8, 4) is 6.07 Å². The molecule has 0 aliphatic rings. The minimum Gasteiger partial charge on any atom is -0.399 e. The molecule has 2 aromatic rings. The van der Waals surface area contributed by atoms with E-state index in [2.05, 4.69) is 5.32 Å². The summed E-state index contributed by atoms with van der Waals surface area (Å²) < 4.78 is 0. The summed E-state index contributed by atoms with van der Waals surface area (Å²) in [6.07, 6.45) is 0. The topological polar surface area (TPSA) is 61.8 Å². The van der Waals surface area contributed by atoms with Crippen LogP contribution in [-0.4, -0.2) is 0 Å². The smallest absolute Gasteiger partial charge is 0.101 e. The maximum Gasteiger partial charge on any atom is 0.101 e. The van der Waals surface area contributed by atoms with E-state index < -0.39 is 0 Å². The summed E-state index contributed by atoms with van der Waals surface area (Å²) in [5.41, 5.74) is 8.95. The Bertz CT molecular complexity index is 632. The molecule has 3 nitrogen and oxygen atoms in total. The molecule has 19 heavy (non-hydrogen) atoms. The number of benzene rings is 2. The van der Waals surface area contributed by atoms with Crippen LogP contribution in [0.2, 0.25) is 5.02 Å². The van der Waals surface area contributed by atoms with Crippen LogP contribution >= 0.6 is 11.6 Å². The Labute approximate surface area is 117 Å². The van der Waals surface area contributed by atoms with Crippen LogP contribution in [-0.2, 0) is 0 Å². The van der Waals surface area contributed by atoms with Crippen LogP contribution in [0, 0.1) is 11.3 Å². The van der Waals surface area contributed by atoms with Crippen LogP contribution in [0.3, 0.4) is 0 Å². The quantitative estimate of drug-likeness (QED) is 0.831. The van der Waals surface area contributed by atoms with Crippen LogP contribution in [0.5, 0.6) is 0 Å². The van der Waals surface area contributed by atoms with Gasteiger partial charge in [-0.25, -0.2) is 0 Å². The van der Waals surface area contributed by atoms with Crippen LogP contribution in [0.15, 0.2) is 42.5 Å². The summed E-state index contributed by atoms with van der Waals surface area (Å²) in [4.78, 5) is 0. The summed E-state index contributed by atoms with van der Waals surface area (Å²) in [6.45, 7) is 2.04. The molecule has 0 heterocycles. The molecule has 0 aliphatic carbocycles. The summed E-state index contributed by atoms with van der Waals surface area (Å²) in [5.74, 6) is 0. The van der Waals surface area contributed by atoms with Gasteiger partial charge in [-0.05, 0) is 42.8 Å². The zero-order valence-electron chi connectivity index (χ0n) is 10.5. The molecule has 4 heteroatoms. The highest BCUT2D eigenvalue weighted by Crippen LogP contribution is 2.24. The number of nitriles is 1. The van der Waals surface area contributed by atoms with Gasteiger partial charge in [0.1, 0.15) is 6.07 Å². The molecule has 0 aliphatic heterocycles. The lowest BCUT2D eigenvalue weighted by atomic mass is 10.1. The monoisotopic (exact) mass is 271 g/mol. The van der Waals surface area contributed by atoms with E-state index >= 15 is 0 Å². The zero-order valence-corrected chi connectivity index (χ0v) is 11.3. The predicted molar refractivity (Wildman–Crippen MR) is 79.1 cm³/mol. The Morgan fingerprint density at radius 2 is 2.05 bits per heavy atom. The first kappa shape index (κ1) is 13.3. The van der Waals surface area contributed by atoms with E-state index in [0.29, 0.717) is 10.6 Å². The average molecular weight is 272 g/mol. The third-order valence-corrected chi connectivity index (χ3v) is 3.20. The molecule has 2 rings (SSSR count). The van der Waals surface area contributed by atoms with E-state index in [1.54, 1.807) is 12.1 Å². The maximum absolute atomic E-state index is 8.83. The number of halogens is 1. The van der Waals surface area contributed by atoms with Gasteiger partial charge in [-0.2, -0.15) is 5.26 Å². The largest absolute Gasteiger partial charge is 0.399 e. The molecule has 1 unspecified atom stereocenters. The van der Waals surface area contributed by atoms with Crippen molar-refractivity contribution in [2.24, 2.45) is 0 Å². The zero-order chi connectivity index (χ0) is 13.8. The van der Waals surface area contributed by atoms with Crippen molar-refractivity contribution < 1.29 is 0 Å². The second-order valence-electron chi connectivity index (χ2n) is 4.34. The van der Waals surface area contributed by atoms with Crippen molar-refractivity contribution in [2.45, 2.75) is 13.0 Å². The number of nitrogens with zero attached hydrogens (tertiary/aromatic N) is 1. The van der Waals surface area contributed by atoms with Gasteiger partial charge in [-0.15, -0.1) is 0 Å². The highest BCUT2D eigenvalue weighted by molar-refractivity contribution is 6.32. The molecule has 96 valence electrons. The number of rotatable bonds is 3. The Morgan fingerprint density at radius 1 is 1.26 bits per heavy atom. The Balaban J connectivity index is 2.17. The van der Waals surface area contributed by atoms with Gasteiger partial charge in [0.25, 0.3) is 0 Å². The first-order chi connectivity index (χ1) is 9.10. The minimum absolute atomic E-state index is 0.104. The Morgan fingerprint density at radius 3 is 2.68 bits per heavy atom. The lowest BCUT2D eigenvalue weighted by Crippen LogP contribution is -2.07. The fourth-order valence-electron chi connectivity index (χ4n) is 1.86. The molecular weight excluding hydrogens is 258 g/mol. The Hall–Kier alpha value is -2.18. The second kappa shape index (κ2) is 5.64. The van der Waals surface area contributed by atoms with Gasteiger partial charge in [0.05, 0.1) is 10.6 Å². The first-order valence-corrected chi connectivity index (χ1v) is 6.29. The molecule has 0 spiro atoms. The van der Waals surface area contributed by atoms with Crippen LogP contribution in [0.1, 0.15) is 24.1 Å². The molecule has 0 saturated heterocycles. The Kier molecular flexibility index (Phi) is 3.94. The van der Waals surface area contributed by atoms with Crippen molar-refractivity contribution in [3.05, 3.63) is 58.6 Å². The third-order valence-electron chi connectivity index (χ3n) is 2.88. The number of hydrogen-bond donors (Lipinski definition) is 2. The standard InChI is InChI=1S/C15H14ClN3/c1-10(11-3-2-4-13(18)7-11)19-14-6-5-12(9-17)15(16)8-14/h2-8,10,19H,18H2,1H3. The molecule has 3 N–H and O–H groups in total. The molecule has 0 aromatic heterocycles. The summed E-state index contributed by atoms with van der Waals surface area (Å²) >= 11 is 6.00. The van der Waals surface area contributed by atoms with E-state index in [9.17, 15) is 0 Å². The van der Waals surface area contributed by atoms with E-state index in [4.69, 9.17) is 22.6 Å². The van der Waals surface area contributed by atoms with E-state index in [0.717, 1.165) is 16.9 Å². The molecule has 0 fully saturated rings. The fraction of sp³-hybridized carbons (Fsp3) is 0.133. The van der Waals surface area contributed by atoms with Crippen LogP contribution in [0.4, 0.5) is 11.4 Å². The average Bonchev–Trinajstić information content (AvgIpc) is 2.39. The van der Waals surface area contributed by atoms with E-state index in [1.807, 2.05) is 43.3 Å². The summed E-state index contributed by atoms with van der Waals surface area (Å²) in [7, 11) is 0. The summed E-state index contributed by atoms with van der Waals surface area (Å²) in [5, 5.41) is 12.6. The lowest BCUT2D eigenvalue weighted by Gasteiger charge is -2.16. The molecule has 0 amide bonds. The fourth-order valence-corrected chi connectivity index (χ4v) is 2.08. The van der Waals surface area contributed by atoms with Gasteiger partial charge >= 0.3 is 0 Å². The number of nitrogens with two attached hydrogens (primary N) is 1. The van der Waals surface area contributed by atoms with Gasteiger partial charge in [0, 0.05) is 17.4 Å². The molecular formula is C15H14ClN3. The second-order valence-corrected chi connectivity index (χ2v) is 4.75. The van der Waals surface area contributed by atoms with Gasteiger partial charge in [0.2, 0.25) is 0 Å². The normalized spacial score (nSPS) is 11.6. The van der Waals surface area contributed by atoms with E-state index in [-0.39, 0.29) is 6.04 Å². The SMILES string of the molecule is CC(Nc1ccc(C#N)c(Cl)c1)c1cccc(N)c1. The first-order valence-electron chi connectivity index (χ1n) is 5.92. The van der Waals surface area contributed by atoms with Crippen molar-refractivity contribution in [1.82, 2.24) is 0 Å². The number of nitrogen functional groups attached to an aromatic ring is 1. The molecule has 0 bridgehead atoms. The summed E-state index contributed by atoms with van der Waals surface area (Å²) in [6, 6.07) is 15.2. The predicted octanol–water partition coefficient (Wildman–Crippen LogP) is 3.97. The minimum atomic E-state index is 0.104. The molecule has 0 radical (unpaired) electrons. The van der Waals surface area contributed by atoms with Gasteiger partial charge < -0.3 is 11.1 Å². The highest BCUT2D eigenvalue weighted by Gasteiger charge is 2.07. The van der Waals surface area contributed by atoms with Crippen molar-refractivity contribution >= 4 is 23.0 Å². The van der Waals surface area contributed by atoms with Crippen molar-refractivity contribution in [3.63, 3.8) is 0 Å². The third kappa shape index (κ3) is 3.18. The van der Waals surface area contributed by atoms with Crippen LogP contribution < -0.4 is 11.1 Å². The molecule has 0 saturated carbocycles. The van der Waals surface area contributed by atoms with E-state index in [1.165, 1.54) is 0 Å². The van der Waals surface area contributed by atoms with Crippen LogP contribution in [0.25, 0.3) is 0 Å². The maximum atomic E-state index is 8.83. The van der Waals surface area contributed by atoms with Crippen molar-refractivity contribution in [2.75, 3.05) is 11.1 Å². The number of hydrogen-bond acceptors (Lipinski definition) is 3. The van der Waals surface area contributed by atoms with Gasteiger partial charge in [-0.3, -0.25) is 0 Å². The number of anilines is 2.